The molecule has 9 nitrogen and oxygen atoms in total. The number of carbonyl (C=O) groups excluding carboxylic acids is 1. The van der Waals surface area contributed by atoms with Crippen molar-refractivity contribution in [3.63, 3.8) is 0 Å². The SMILES string of the molecule is Cc1ccc(C)n1-c1ccc(OCc2ccc(C(=O)N/N=C/c3c(OCc4cccc(C(=O)O)c4)ccc4ccccc34)o2)cc1. The third kappa shape index (κ3) is 6.68. The molecule has 0 aliphatic rings. The van der Waals surface area contributed by atoms with Gasteiger partial charge in [0.1, 0.15) is 30.5 Å². The second kappa shape index (κ2) is 13.3. The Morgan fingerprint density at radius 2 is 1.63 bits per heavy atom. The number of aromatic carboxylic acids is 1. The number of nitrogens with zero attached hydrogens (tertiary/aromatic N) is 2. The van der Waals surface area contributed by atoms with Crippen LogP contribution in [0.2, 0.25) is 0 Å². The van der Waals surface area contributed by atoms with E-state index in [0.717, 1.165) is 27.8 Å². The molecule has 0 aliphatic carbocycles. The number of benzene rings is 4. The predicted molar refractivity (Wildman–Crippen MR) is 175 cm³/mol. The molecule has 4 aromatic carbocycles. The summed E-state index contributed by atoms with van der Waals surface area (Å²) in [5.74, 6) is 0.278. The number of ether oxygens (including phenoxy) is 2. The smallest absolute Gasteiger partial charge is 0.335 e. The van der Waals surface area contributed by atoms with Crippen LogP contribution < -0.4 is 14.9 Å². The van der Waals surface area contributed by atoms with Gasteiger partial charge in [0.15, 0.2) is 5.76 Å². The van der Waals surface area contributed by atoms with E-state index in [0.29, 0.717) is 28.4 Å². The number of nitrogens with one attached hydrogen (secondary N) is 1. The van der Waals surface area contributed by atoms with Crippen molar-refractivity contribution in [2.75, 3.05) is 0 Å². The van der Waals surface area contributed by atoms with E-state index in [1.165, 1.54) is 12.3 Å². The van der Waals surface area contributed by atoms with Gasteiger partial charge >= 0.3 is 11.9 Å². The molecular formula is C37H31N3O6. The number of carbonyl (C=O) groups is 2. The third-order valence-corrected chi connectivity index (χ3v) is 7.49. The zero-order valence-corrected chi connectivity index (χ0v) is 25.3. The molecule has 9 heteroatoms. The second-order valence-electron chi connectivity index (χ2n) is 10.7. The van der Waals surface area contributed by atoms with Crippen LogP contribution in [0, 0.1) is 13.8 Å². The van der Waals surface area contributed by atoms with Gasteiger partial charge in [-0.25, -0.2) is 10.2 Å². The molecule has 0 unspecified atom stereocenters. The molecule has 1 amide bonds. The number of hydrogen-bond acceptors (Lipinski definition) is 6. The van der Waals surface area contributed by atoms with E-state index in [1.807, 2.05) is 60.7 Å². The number of amides is 1. The van der Waals surface area contributed by atoms with Crippen LogP contribution in [-0.2, 0) is 13.2 Å². The molecule has 0 saturated heterocycles. The predicted octanol–water partition coefficient (Wildman–Crippen LogP) is 7.46. The van der Waals surface area contributed by atoms with Gasteiger partial charge in [-0.1, -0.05) is 42.5 Å². The monoisotopic (exact) mass is 613 g/mol. The molecule has 2 N–H and O–H groups in total. The van der Waals surface area contributed by atoms with E-state index in [4.69, 9.17) is 13.9 Å². The Morgan fingerprint density at radius 3 is 2.41 bits per heavy atom. The number of carboxylic acid groups (broad SMARTS) is 1. The Balaban J connectivity index is 1.10. The van der Waals surface area contributed by atoms with Gasteiger partial charge in [-0.05, 0) is 96.9 Å². The molecule has 0 radical (unpaired) electrons. The highest BCUT2D eigenvalue weighted by Gasteiger charge is 2.13. The topological polar surface area (TPSA) is 115 Å². The number of aromatic nitrogens is 1. The maximum atomic E-state index is 12.8. The van der Waals surface area contributed by atoms with Crippen LogP contribution in [0.3, 0.4) is 0 Å². The first-order valence-corrected chi connectivity index (χ1v) is 14.6. The molecule has 0 saturated carbocycles. The van der Waals surface area contributed by atoms with Crippen LogP contribution in [0.25, 0.3) is 16.5 Å². The molecule has 0 bridgehead atoms. The van der Waals surface area contributed by atoms with Crippen molar-refractivity contribution in [3.05, 3.63) is 149 Å². The molecule has 230 valence electrons. The minimum atomic E-state index is -1.00. The van der Waals surface area contributed by atoms with Crippen LogP contribution in [0.5, 0.6) is 11.5 Å². The summed E-state index contributed by atoms with van der Waals surface area (Å²) < 4.78 is 19.8. The van der Waals surface area contributed by atoms with E-state index >= 15 is 0 Å². The fraction of sp³-hybridized carbons (Fsp3) is 0.108. The number of aryl methyl sites for hydroxylation is 2. The van der Waals surface area contributed by atoms with Crippen LogP contribution in [0.15, 0.2) is 119 Å². The molecular weight excluding hydrogens is 582 g/mol. The van der Waals surface area contributed by atoms with Gasteiger partial charge < -0.3 is 23.6 Å². The maximum Gasteiger partial charge on any atom is 0.335 e. The van der Waals surface area contributed by atoms with Crippen LogP contribution in [0.1, 0.15) is 49.2 Å². The number of hydrazone groups is 1. The number of hydrogen-bond donors (Lipinski definition) is 2. The molecule has 2 aromatic heterocycles. The largest absolute Gasteiger partial charge is 0.488 e. The standard InChI is InChI=1S/C37H31N3O6/c1-24-10-11-25(2)40(24)29-13-15-30(16-14-29)44-23-31-17-19-35(46-31)36(41)39-38-21-33-32-9-4-3-7-27(32)12-18-34(33)45-22-26-6-5-8-28(20-26)37(42)43/h3-21H,22-23H2,1-2H3,(H,39,41)(H,42,43)/b38-21+. The Morgan fingerprint density at radius 1 is 0.848 bits per heavy atom. The Labute approximate surface area is 265 Å². The quantitative estimate of drug-likeness (QED) is 0.116. The summed E-state index contributed by atoms with van der Waals surface area (Å²) in [6, 6.07) is 33.3. The van der Waals surface area contributed by atoms with Gasteiger partial charge in [-0.2, -0.15) is 5.10 Å². The van der Waals surface area contributed by atoms with E-state index in [9.17, 15) is 14.7 Å². The highest BCUT2D eigenvalue weighted by molar-refractivity contribution is 6.03. The van der Waals surface area contributed by atoms with Gasteiger partial charge in [-0.15, -0.1) is 0 Å². The summed E-state index contributed by atoms with van der Waals surface area (Å²) in [6.45, 7) is 4.44. The molecule has 0 spiro atoms. The third-order valence-electron chi connectivity index (χ3n) is 7.49. The first-order valence-electron chi connectivity index (χ1n) is 14.6. The normalized spacial score (nSPS) is 11.2. The fourth-order valence-corrected chi connectivity index (χ4v) is 5.20. The summed E-state index contributed by atoms with van der Waals surface area (Å²) in [7, 11) is 0. The number of rotatable bonds is 11. The lowest BCUT2D eigenvalue weighted by Crippen LogP contribution is -2.17. The van der Waals surface area contributed by atoms with E-state index in [-0.39, 0.29) is 24.5 Å². The molecule has 6 rings (SSSR count). The lowest BCUT2D eigenvalue weighted by atomic mass is 10.0. The van der Waals surface area contributed by atoms with Crippen molar-refractivity contribution in [1.29, 1.82) is 0 Å². The van der Waals surface area contributed by atoms with Gasteiger partial charge in [0.05, 0.1) is 11.8 Å². The van der Waals surface area contributed by atoms with Crippen LogP contribution >= 0.6 is 0 Å². The lowest BCUT2D eigenvalue weighted by molar-refractivity contribution is 0.0696. The van der Waals surface area contributed by atoms with E-state index in [1.54, 1.807) is 30.3 Å². The van der Waals surface area contributed by atoms with E-state index < -0.39 is 11.9 Å². The fourth-order valence-electron chi connectivity index (χ4n) is 5.20. The summed E-state index contributed by atoms with van der Waals surface area (Å²) in [5, 5.41) is 15.3. The molecule has 0 aliphatic heterocycles. The summed E-state index contributed by atoms with van der Waals surface area (Å²) >= 11 is 0. The highest BCUT2D eigenvalue weighted by Crippen LogP contribution is 2.28. The van der Waals surface area contributed by atoms with Crippen molar-refractivity contribution in [2.45, 2.75) is 27.1 Å². The molecule has 0 atom stereocenters. The van der Waals surface area contributed by atoms with Crippen LogP contribution in [0.4, 0.5) is 0 Å². The van der Waals surface area contributed by atoms with Crippen molar-refractivity contribution in [2.24, 2.45) is 5.10 Å². The minimum absolute atomic E-state index is 0.0948. The number of carboxylic acids is 1. The van der Waals surface area contributed by atoms with Crippen LogP contribution in [-0.4, -0.2) is 27.8 Å². The summed E-state index contributed by atoms with van der Waals surface area (Å²) in [5.41, 5.74) is 7.44. The first kappa shape index (κ1) is 30.0. The maximum absolute atomic E-state index is 12.8. The summed E-state index contributed by atoms with van der Waals surface area (Å²) in [6.07, 6.45) is 1.52. The molecule has 46 heavy (non-hydrogen) atoms. The van der Waals surface area contributed by atoms with Gasteiger partial charge in [0, 0.05) is 22.6 Å². The van der Waals surface area contributed by atoms with Crippen molar-refractivity contribution in [1.82, 2.24) is 9.99 Å². The van der Waals surface area contributed by atoms with Crippen molar-refractivity contribution < 1.29 is 28.6 Å². The average molecular weight is 614 g/mol. The zero-order valence-electron chi connectivity index (χ0n) is 25.3. The lowest BCUT2D eigenvalue weighted by Gasteiger charge is -2.12. The Kier molecular flexibility index (Phi) is 8.64. The van der Waals surface area contributed by atoms with Crippen molar-refractivity contribution in [3.8, 4) is 17.2 Å². The number of furan rings is 1. The first-order chi connectivity index (χ1) is 22.4. The van der Waals surface area contributed by atoms with Gasteiger partial charge in [-0.3, -0.25) is 4.79 Å². The highest BCUT2D eigenvalue weighted by atomic mass is 16.5. The zero-order chi connectivity index (χ0) is 32.0. The van der Waals surface area contributed by atoms with Gasteiger partial charge in [0.2, 0.25) is 0 Å². The minimum Gasteiger partial charge on any atom is -0.488 e. The van der Waals surface area contributed by atoms with Crippen molar-refractivity contribution >= 4 is 28.9 Å². The Bertz CT molecular complexity index is 2040. The van der Waals surface area contributed by atoms with E-state index in [2.05, 4.69) is 41.1 Å². The number of fused-ring (bicyclic) bond motifs is 1. The molecule has 2 heterocycles. The van der Waals surface area contributed by atoms with Gasteiger partial charge in [0.25, 0.3) is 0 Å². The Hall–Kier alpha value is -6.09. The molecule has 6 aromatic rings. The molecule has 0 fully saturated rings. The second-order valence-corrected chi connectivity index (χ2v) is 10.7. The summed E-state index contributed by atoms with van der Waals surface area (Å²) in [4.78, 5) is 24.2. The average Bonchev–Trinajstić information content (AvgIpc) is 3.69.